The van der Waals surface area contributed by atoms with Crippen LogP contribution in [0.4, 0.5) is 13.2 Å². The Hall–Kier alpha value is -1.19. The molecule has 0 spiro atoms. The number of hydrogen-bond acceptors (Lipinski definition) is 5. The van der Waals surface area contributed by atoms with Crippen molar-refractivity contribution in [3.63, 3.8) is 0 Å². The average molecular weight is 293 g/mol. The number of rotatable bonds is 6. The number of ether oxygens (including phenoxy) is 1. The molecule has 0 fully saturated rings. The number of hydrogen-bond donors (Lipinski definition) is 1. The van der Waals surface area contributed by atoms with Crippen LogP contribution in [0.1, 0.15) is 11.6 Å². The first kappa shape index (κ1) is 15.2. The van der Waals surface area contributed by atoms with Crippen LogP contribution in [0.15, 0.2) is 0 Å². The third kappa shape index (κ3) is 3.68. The molecule has 0 aliphatic carbocycles. The first-order valence-electron chi connectivity index (χ1n) is 6.43. The van der Waals surface area contributed by atoms with Crippen molar-refractivity contribution in [2.45, 2.75) is 19.3 Å². The maximum Gasteiger partial charge on any atom is 0.451 e. The average Bonchev–Trinajstić information content (AvgIpc) is 2.81. The molecular formula is C11H18F3N5O. The van der Waals surface area contributed by atoms with Crippen molar-refractivity contribution in [3.05, 3.63) is 11.6 Å². The lowest BCUT2D eigenvalue weighted by atomic mass is 10.3. The van der Waals surface area contributed by atoms with E-state index in [1.165, 1.54) is 0 Å². The van der Waals surface area contributed by atoms with Crippen LogP contribution in [0.3, 0.4) is 0 Å². The summed E-state index contributed by atoms with van der Waals surface area (Å²) in [6, 6.07) is 0. The fraction of sp³-hybridized carbons (Fsp3) is 0.818. The predicted octanol–water partition coefficient (Wildman–Crippen LogP) is 0.348. The molecule has 114 valence electrons. The summed E-state index contributed by atoms with van der Waals surface area (Å²) < 4.78 is 44.1. The molecule has 2 rings (SSSR count). The van der Waals surface area contributed by atoms with Gasteiger partial charge >= 0.3 is 6.18 Å². The zero-order chi connectivity index (χ0) is 14.6. The van der Waals surface area contributed by atoms with Gasteiger partial charge in [-0.15, -0.1) is 10.2 Å². The molecule has 0 bridgehead atoms. The van der Waals surface area contributed by atoms with Gasteiger partial charge in [-0.25, -0.2) is 0 Å². The third-order valence-corrected chi connectivity index (χ3v) is 3.17. The largest absolute Gasteiger partial charge is 0.451 e. The first-order chi connectivity index (χ1) is 9.52. The number of halogens is 3. The molecule has 0 saturated heterocycles. The molecule has 0 atom stereocenters. The van der Waals surface area contributed by atoms with E-state index in [4.69, 9.17) is 4.74 Å². The lowest BCUT2D eigenvalue weighted by Crippen LogP contribution is -2.39. The van der Waals surface area contributed by atoms with Crippen molar-refractivity contribution in [2.24, 2.45) is 0 Å². The standard InChI is InChI=1S/C11H18F3N5O/c1-20-7-3-15-2-4-18-5-6-19-9(8-18)16-17-10(19)11(12,13)14/h15H,2-8H2,1H3. The molecule has 0 radical (unpaired) electrons. The van der Waals surface area contributed by atoms with Crippen LogP contribution in [0.5, 0.6) is 0 Å². The zero-order valence-electron chi connectivity index (χ0n) is 11.3. The van der Waals surface area contributed by atoms with Crippen LogP contribution >= 0.6 is 0 Å². The summed E-state index contributed by atoms with van der Waals surface area (Å²) in [5, 5.41) is 10.1. The molecule has 0 unspecified atom stereocenters. The van der Waals surface area contributed by atoms with Crippen LogP contribution in [-0.4, -0.2) is 59.6 Å². The van der Waals surface area contributed by atoms with Crippen LogP contribution in [0, 0.1) is 0 Å². The zero-order valence-corrected chi connectivity index (χ0v) is 11.3. The van der Waals surface area contributed by atoms with Gasteiger partial charge in [0.05, 0.1) is 13.2 Å². The smallest absolute Gasteiger partial charge is 0.383 e. The van der Waals surface area contributed by atoms with E-state index < -0.39 is 12.0 Å². The first-order valence-corrected chi connectivity index (χ1v) is 6.43. The number of aromatic nitrogens is 3. The summed E-state index contributed by atoms with van der Waals surface area (Å²) in [5.74, 6) is -0.522. The van der Waals surface area contributed by atoms with E-state index >= 15 is 0 Å². The summed E-state index contributed by atoms with van der Waals surface area (Å²) in [5.41, 5.74) is 0. The van der Waals surface area contributed by atoms with Gasteiger partial charge in [-0.1, -0.05) is 0 Å². The van der Waals surface area contributed by atoms with Gasteiger partial charge in [-0.3, -0.25) is 4.90 Å². The monoisotopic (exact) mass is 293 g/mol. The van der Waals surface area contributed by atoms with Gasteiger partial charge in [0, 0.05) is 39.8 Å². The summed E-state index contributed by atoms with van der Waals surface area (Å²) in [6.07, 6.45) is -4.44. The predicted molar refractivity (Wildman–Crippen MR) is 65.0 cm³/mol. The Labute approximate surface area is 114 Å². The second-order valence-corrected chi connectivity index (χ2v) is 4.61. The Morgan fingerprint density at radius 1 is 1.25 bits per heavy atom. The van der Waals surface area contributed by atoms with Crippen molar-refractivity contribution in [1.82, 2.24) is 25.0 Å². The van der Waals surface area contributed by atoms with E-state index in [-0.39, 0.29) is 6.54 Å². The van der Waals surface area contributed by atoms with E-state index in [9.17, 15) is 13.2 Å². The SMILES string of the molecule is COCCNCCN1CCn2c(nnc2C(F)(F)F)C1. The summed E-state index contributed by atoms with van der Waals surface area (Å²) in [6.45, 7) is 4.17. The van der Waals surface area contributed by atoms with Gasteiger partial charge in [0.25, 0.3) is 0 Å². The number of alkyl halides is 3. The Morgan fingerprint density at radius 2 is 2.05 bits per heavy atom. The minimum atomic E-state index is -4.44. The van der Waals surface area contributed by atoms with E-state index in [1.807, 2.05) is 0 Å². The van der Waals surface area contributed by atoms with Crippen molar-refractivity contribution in [1.29, 1.82) is 0 Å². The molecule has 2 heterocycles. The lowest BCUT2D eigenvalue weighted by Gasteiger charge is -2.27. The van der Waals surface area contributed by atoms with Crippen molar-refractivity contribution >= 4 is 0 Å². The molecule has 6 nitrogen and oxygen atoms in total. The normalized spacial score (nSPS) is 16.4. The lowest BCUT2D eigenvalue weighted by molar-refractivity contribution is -0.148. The van der Waals surface area contributed by atoms with Crippen LogP contribution in [-0.2, 0) is 24.0 Å². The summed E-state index contributed by atoms with van der Waals surface area (Å²) in [4.78, 5) is 2.06. The van der Waals surface area contributed by atoms with Gasteiger partial charge in [-0.05, 0) is 0 Å². The van der Waals surface area contributed by atoms with Crippen molar-refractivity contribution in [2.75, 3.05) is 39.9 Å². The number of nitrogens with one attached hydrogen (secondary N) is 1. The highest BCUT2D eigenvalue weighted by atomic mass is 19.4. The number of fused-ring (bicyclic) bond motifs is 1. The highest BCUT2D eigenvalue weighted by Gasteiger charge is 2.39. The van der Waals surface area contributed by atoms with Crippen LogP contribution < -0.4 is 5.32 Å². The second-order valence-electron chi connectivity index (χ2n) is 4.61. The molecule has 0 saturated carbocycles. The van der Waals surface area contributed by atoms with Crippen molar-refractivity contribution < 1.29 is 17.9 Å². The van der Waals surface area contributed by atoms with E-state index in [2.05, 4.69) is 20.4 Å². The molecule has 9 heteroatoms. The molecule has 0 amide bonds. The Bertz CT molecular complexity index is 434. The van der Waals surface area contributed by atoms with Gasteiger partial charge in [-0.2, -0.15) is 13.2 Å². The van der Waals surface area contributed by atoms with Gasteiger partial charge in [0.15, 0.2) is 0 Å². The van der Waals surface area contributed by atoms with Gasteiger partial charge in [0.1, 0.15) is 5.82 Å². The van der Waals surface area contributed by atoms with E-state index in [0.29, 0.717) is 25.5 Å². The maximum atomic E-state index is 12.7. The fourth-order valence-corrected chi connectivity index (χ4v) is 2.14. The maximum absolute atomic E-state index is 12.7. The topological polar surface area (TPSA) is 55.2 Å². The highest BCUT2D eigenvalue weighted by molar-refractivity contribution is 5.02. The molecule has 1 aromatic rings. The molecule has 20 heavy (non-hydrogen) atoms. The van der Waals surface area contributed by atoms with E-state index in [0.717, 1.165) is 24.2 Å². The quantitative estimate of drug-likeness (QED) is 0.767. The molecule has 1 aliphatic heterocycles. The minimum Gasteiger partial charge on any atom is -0.383 e. The van der Waals surface area contributed by atoms with Crippen molar-refractivity contribution in [3.8, 4) is 0 Å². The summed E-state index contributed by atoms with van der Waals surface area (Å²) in [7, 11) is 1.64. The van der Waals surface area contributed by atoms with Crippen LogP contribution in [0.25, 0.3) is 0 Å². The minimum absolute atomic E-state index is 0.273. The number of nitrogens with zero attached hydrogens (tertiary/aromatic N) is 4. The van der Waals surface area contributed by atoms with E-state index in [1.54, 1.807) is 7.11 Å². The second kappa shape index (κ2) is 6.51. The Morgan fingerprint density at radius 3 is 2.75 bits per heavy atom. The molecule has 1 N–H and O–H groups in total. The van der Waals surface area contributed by atoms with Gasteiger partial charge in [0.2, 0.25) is 5.82 Å². The van der Waals surface area contributed by atoms with Crippen LogP contribution in [0.2, 0.25) is 0 Å². The van der Waals surface area contributed by atoms with Gasteiger partial charge < -0.3 is 14.6 Å². The molecular weight excluding hydrogens is 275 g/mol. The number of methoxy groups -OCH3 is 1. The molecule has 1 aliphatic rings. The Balaban J connectivity index is 1.84. The molecule has 0 aromatic carbocycles. The fourth-order valence-electron chi connectivity index (χ4n) is 2.14. The highest BCUT2D eigenvalue weighted by Crippen LogP contribution is 2.29. The Kier molecular flexibility index (Phi) is 4.95. The molecule has 1 aromatic heterocycles. The third-order valence-electron chi connectivity index (χ3n) is 3.17. The summed E-state index contributed by atoms with van der Waals surface area (Å²) >= 11 is 0.